The fraction of sp³-hybridized carbons (Fsp3) is 0.300. The summed E-state index contributed by atoms with van der Waals surface area (Å²) in [6.45, 7) is 6.10. The predicted octanol–water partition coefficient (Wildman–Crippen LogP) is 4.21. The maximum Gasteiger partial charge on any atom is 0.295 e. The third kappa shape index (κ3) is 3.79. The Bertz CT molecular complexity index is 826. The fourth-order valence-electron chi connectivity index (χ4n) is 3.10. The lowest BCUT2D eigenvalue weighted by molar-refractivity contribution is -0.116. The highest BCUT2D eigenvalue weighted by Gasteiger charge is 2.25. The maximum atomic E-state index is 12.4. The summed E-state index contributed by atoms with van der Waals surface area (Å²) in [5.41, 5.74) is 3.13. The summed E-state index contributed by atoms with van der Waals surface area (Å²) in [7, 11) is 0. The van der Waals surface area contributed by atoms with Gasteiger partial charge < -0.3 is 10.2 Å². The van der Waals surface area contributed by atoms with Gasteiger partial charge in [-0.3, -0.25) is 9.59 Å². The lowest BCUT2D eigenvalue weighted by Gasteiger charge is -2.21. The molecule has 0 radical (unpaired) electrons. The van der Waals surface area contributed by atoms with E-state index < -0.39 is 6.04 Å². The van der Waals surface area contributed by atoms with E-state index in [1.165, 1.54) is 0 Å². The van der Waals surface area contributed by atoms with Crippen LogP contribution in [0.15, 0.2) is 58.8 Å². The monoisotopic (exact) mass is 350 g/mol. The number of azo groups is 1. The molecule has 3 rings (SSSR count). The fourth-order valence-corrected chi connectivity index (χ4v) is 3.10. The molecule has 1 aliphatic rings. The van der Waals surface area contributed by atoms with Crippen molar-refractivity contribution in [3.63, 3.8) is 0 Å². The molecule has 0 aromatic heterocycles. The van der Waals surface area contributed by atoms with Crippen molar-refractivity contribution in [1.82, 2.24) is 0 Å². The smallest absolute Gasteiger partial charge is 0.295 e. The van der Waals surface area contributed by atoms with Crippen LogP contribution in [-0.4, -0.2) is 24.9 Å². The molecule has 6 nitrogen and oxygen atoms in total. The van der Waals surface area contributed by atoms with Crippen molar-refractivity contribution in [1.29, 1.82) is 0 Å². The number of hydrogen-bond donors (Lipinski definition) is 1. The number of carbonyl (C=O) groups excluding carboxylic acids is 2. The molecule has 1 N–H and O–H groups in total. The van der Waals surface area contributed by atoms with E-state index in [4.69, 9.17) is 0 Å². The molecular formula is C20H22N4O2. The van der Waals surface area contributed by atoms with E-state index in [-0.39, 0.29) is 18.2 Å². The van der Waals surface area contributed by atoms with Crippen molar-refractivity contribution < 1.29 is 9.59 Å². The normalized spacial score (nSPS) is 15.5. The van der Waals surface area contributed by atoms with Gasteiger partial charge in [0, 0.05) is 30.0 Å². The lowest BCUT2D eigenvalue weighted by atomic mass is 9.97. The molecule has 2 aromatic rings. The highest BCUT2D eigenvalue weighted by molar-refractivity contribution is 5.97. The van der Waals surface area contributed by atoms with Gasteiger partial charge in [-0.2, -0.15) is 5.11 Å². The average molecular weight is 350 g/mol. The predicted molar refractivity (Wildman–Crippen MR) is 102 cm³/mol. The van der Waals surface area contributed by atoms with Crippen molar-refractivity contribution in [3.05, 3.63) is 59.7 Å². The highest BCUT2D eigenvalue weighted by atomic mass is 16.2. The molecule has 0 aliphatic carbocycles. The molecule has 0 spiro atoms. The molecule has 2 aromatic carbocycles. The van der Waals surface area contributed by atoms with E-state index in [0.29, 0.717) is 5.56 Å². The number of anilines is 2. The average Bonchev–Trinajstić information content (AvgIpc) is 2.66. The number of nitrogens with one attached hydrogen (secondary N) is 1. The largest absolute Gasteiger partial charge is 0.372 e. The first-order chi connectivity index (χ1) is 12.6. The van der Waals surface area contributed by atoms with Gasteiger partial charge >= 0.3 is 0 Å². The number of carbonyl (C=O) groups is 2. The topological polar surface area (TPSA) is 74.1 Å². The molecule has 1 atom stereocenters. The first kappa shape index (κ1) is 17.8. The Balaban J connectivity index is 1.66. The molecule has 1 unspecified atom stereocenters. The van der Waals surface area contributed by atoms with Gasteiger partial charge in [0.1, 0.15) is 6.04 Å². The Hall–Kier alpha value is -3.02. The summed E-state index contributed by atoms with van der Waals surface area (Å²) >= 11 is 0. The summed E-state index contributed by atoms with van der Waals surface area (Å²) in [5, 5.41) is 10.6. The lowest BCUT2D eigenvalue weighted by Crippen LogP contribution is -2.21. The van der Waals surface area contributed by atoms with E-state index in [1.54, 1.807) is 12.1 Å². The second-order valence-electron chi connectivity index (χ2n) is 6.10. The van der Waals surface area contributed by atoms with Crippen LogP contribution in [0.3, 0.4) is 0 Å². The van der Waals surface area contributed by atoms with Crippen LogP contribution in [0.4, 0.5) is 11.4 Å². The summed E-state index contributed by atoms with van der Waals surface area (Å²) < 4.78 is 0. The van der Waals surface area contributed by atoms with Crippen molar-refractivity contribution >= 4 is 23.2 Å². The van der Waals surface area contributed by atoms with E-state index in [0.717, 1.165) is 30.0 Å². The number of nitrogens with zero attached hydrogens (tertiary/aromatic N) is 3. The van der Waals surface area contributed by atoms with E-state index in [9.17, 15) is 9.59 Å². The van der Waals surface area contributed by atoms with Gasteiger partial charge in [0.15, 0.2) is 0 Å². The van der Waals surface area contributed by atoms with Crippen LogP contribution in [-0.2, 0) is 4.79 Å². The Morgan fingerprint density at radius 2 is 1.77 bits per heavy atom. The van der Waals surface area contributed by atoms with Crippen molar-refractivity contribution in [2.75, 3.05) is 23.3 Å². The van der Waals surface area contributed by atoms with Crippen LogP contribution in [0.2, 0.25) is 0 Å². The zero-order valence-corrected chi connectivity index (χ0v) is 15.0. The summed E-state index contributed by atoms with van der Waals surface area (Å²) in [4.78, 5) is 26.4. The van der Waals surface area contributed by atoms with Crippen LogP contribution in [0.5, 0.6) is 0 Å². The molecule has 1 heterocycles. The first-order valence-corrected chi connectivity index (χ1v) is 8.81. The SMILES string of the molecule is CCN(CC)c1ccc(NC(=O)CC2N=NC(=O)c3ccccc32)cc1. The van der Waals surface area contributed by atoms with Gasteiger partial charge in [-0.05, 0) is 49.7 Å². The quantitative estimate of drug-likeness (QED) is 0.848. The molecule has 0 saturated heterocycles. The van der Waals surface area contributed by atoms with Crippen LogP contribution in [0.25, 0.3) is 0 Å². The standard InChI is InChI=1S/C20H22N4O2/c1-3-24(4-2)15-11-9-14(10-12-15)21-19(25)13-18-16-7-5-6-8-17(16)20(26)23-22-18/h5-12,18H,3-4,13H2,1-2H3,(H,21,25). The zero-order valence-electron chi connectivity index (χ0n) is 15.0. The van der Waals surface area contributed by atoms with Gasteiger partial charge in [0.05, 0.1) is 6.42 Å². The molecule has 26 heavy (non-hydrogen) atoms. The van der Waals surface area contributed by atoms with Gasteiger partial charge in [-0.1, -0.05) is 18.2 Å². The molecule has 2 amide bonds. The van der Waals surface area contributed by atoms with Crippen LogP contribution in [0.1, 0.15) is 42.2 Å². The van der Waals surface area contributed by atoms with Crippen molar-refractivity contribution in [2.24, 2.45) is 10.2 Å². The Morgan fingerprint density at radius 1 is 1.08 bits per heavy atom. The van der Waals surface area contributed by atoms with Gasteiger partial charge in [-0.15, -0.1) is 5.11 Å². The van der Waals surface area contributed by atoms with Crippen LogP contribution >= 0.6 is 0 Å². The maximum absolute atomic E-state index is 12.4. The second-order valence-corrected chi connectivity index (χ2v) is 6.10. The first-order valence-electron chi connectivity index (χ1n) is 8.81. The Kier molecular flexibility index (Phi) is 5.41. The number of benzene rings is 2. The zero-order chi connectivity index (χ0) is 18.5. The second kappa shape index (κ2) is 7.91. The van der Waals surface area contributed by atoms with E-state index in [2.05, 4.69) is 34.3 Å². The van der Waals surface area contributed by atoms with E-state index >= 15 is 0 Å². The number of fused-ring (bicyclic) bond motifs is 1. The minimum atomic E-state index is -0.432. The summed E-state index contributed by atoms with van der Waals surface area (Å²) in [6.07, 6.45) is 0.144. The third-order valence-corrected chi connectivity index (χ3v) is 4.50. The van der Waals surface area contributed by atoms with Crippen LogP contribution < -0.4 is 10.2 Å². The minimum absolute atomic E-state index is 0.144. The number of amides is 2. The molecule has 1 aliphatic heterocycles. The minimum Gasteiger partial charge on any atom is -0.372 e. The Morgan fingerprint density at radius 3 is 2.46 bits per heavy atom. The highest BCUT2D eigenvalue weighted by Crippen LogP contribution is 2.30. The number of hydrogen-bond acceptors (Lipinski definition) is 4. The van der Waals surface area contributed by atoms with Gasteiger partial charge in [-0.25, -0.2) is 0 Å². The van der Waals surface area contributed by atoms with E-state index in [1.807, 2.05) is 36.4 Å². The Labute approximate surface area is 152 Å². The number of rotatable bonds is 6. The van der Waals surface area contributed by atoms with Crippen LogP contribution in [0, 0.1) is 0 Å². The van der Waals surface area contributed by atoms with Gasteiger partial charge in [0.25, 0.3) is 5.91 Å². The molecule has 0 saturated carbocycles. The molecular weight excluding hydrogens is 328 g/mol. The third-order valence-electron chi connectivity index (χ3n) is 4.50. The molecule has 134 valence electrons. The summed E-state index contributed by atoms with van der Waals surface area (Å²) in [5.74, 6) is -0.516. The van der Waals surface area contributed by atoms with Crippen molar-refractivity contribution in [2.45, 2.75) is 26.3 Å². The molecule has 0 bridgehead atoms. The summed E-state index contributed by atoms with van der Waals surface area (Å²) in [6, 6.07) is 14.5. The van der Waals surface area contributed by atoms with Crippen molar-refractivity contribution in [3.8, 4) is 0 Å². The molecule has 0 fully saturated rings. The molecule has 6 heteroatoms. The van der Waals surface area contributed by atoms with Gasteiger partial charge in [0.2, 0.25) is 5.91 Å².